The van der Waals surface area contributed by atoms with E-state index in [9.17, 15) is 32.8 Å². The zero-order valence-corrected chi connectivity index (χ0v) is 15.0. The maximum atomic E-state index is 13.7. The Morgan fingerprint density at radius 2 is 1.90 bits per heavy atom. The van der Waals surface area contributed by atoms with Crippen LogP contribution < -0.4 is 5.01 Å². The molecule has 1 aliphatic heterocycles. The van der Waals surface area contributed by atoms with Crippen molar-refractivity contribution in [3.05, 3.63) is 64.0 Å². The van der Waals surface area contributed by atoms with Crippen LogP contribution in [0, 0.1) is 15.9 Å². The summed E-state index contributed by atoms with van der Waals surface area (Å²) in [5.74, 6) is -0.574. The molecule has 2 aromatic carbocycles. The van der Waals surface area contributed by atoms with Gasteiger partial charge in [0.25, 0.3) is 11.4 Å². The fourth-order valence-corrected chi connectivity index (χ4v) is 3.89. The predicted octanol–water partition coefficient (Wildman–Crippen LogP) is 4.21. The Kier molecular flexibility index (Phi) is 4.28. The Labute approximate surface area is 163 Å². The van der Waals surface area contributed by atoms with E-state index in [1.807, 2.05) is 0 Å². The smallest absolute Gasteiger partial charge is 0.362 e. The third-order valence-electron chi connectivity index (χ3n) is 4.37. The Bertz CT molecular complexity index is 1150. The van der Waals surface area contributed by atoms with Gasteiger partial charge in [-0.1, -0.05) is 11.3 Å². The minimum atomic E-state index is -5.08. The fourth-order valence-electron chi connectivity index (χ4n) is 2.88. The molecule has 1 aromatic heterocycles. The van der Waals surface area contributed by atoms with Crippen LogP contribution in [0.25, 0.3) is 10.2 Å². The molecule has 1 N–H and O–H groups in total. The molecular formula is C17H10F4N4O3S. The number of hydrogen-bond donors (Lipinski definition) is 1. The molecule has 150 valence electrons. The van der Waals surface area contributed by atoms with Gasteiger partial charge >= 0.3 is 6.18 Å². The SMILES string of the molecule is O=[N+]([O-])c1ccc(C2=NN(c3nc4ccc(F)cc4s3)C(O)(C(F)(F)F)C2)cc1. The van der Waals surface area contributed by atoms with Crippen molar-refractivity contribution in [3.63, 3.8) is 0 Å². The lowest BCUT2D eigenvalue weighted by atomic mass is 10.0. The van der Waals surface area contributed by atoms with Crippen molar-refractivity contribution in [3.8, 4) is 0 Å². The molecule has 1 unspecified atom stereocenters. The number of alkyl halides is 3. The first kappa shape index (κ1) is 19.2. The Morgan fingerprint density at radius 1 is 1.21 bits per heavy atom. The van der Waals surface area contributed by atoms with E-state index in [-0.39, 0.29) is 27.6 Å². The summed E-state index contributed by atoms with van der Waals surface area (Å²) >= 11 is 0.749. The van der Waals surface area contributed by atoms with Crippen molar-refractivity contribution in [2.45, 2.75) is 18.3 Å². The molecule has 7 nitrogen and oxygen atoms in total. The highest BCUT2D eigenvalue weighted by Gasteiger charge is 2.62. The summed E-state index contributed by atoms with van der Waals surface area (Å²) in [6.45, 7) is 0. The summed E-state index contributed by atoms with van der Waals surface area (Å²) in [6, 6.07) is 8.34. The van der Waals surface area contributed by atoms with E-state index in [4.69, 9.17) is 0 Å². The lowest BCUT2D eigenvalue weighted by molar-refractivity contribution is -0.384. The topological polar surface area (TPSA) is 91.9 Å². The quantitative estimate of drug-likeness (QED) is 0.385. The summed E-state index contributed by atoms with van der Waals surface area (Å²) in [5, 5.41) is 25.2. The van der Waals surface area contributed by atoms with Crippen LogP contribution in [0.5, 0.6) is 0 Å². The number of aromatic nitrogens is 1. The van der Waals surface area contributed by atoms with Crippen molar-refractivity contribution in [2.24, 2.45) is 5.10 Å². The van der Waals surface area contributed by atoms with Gasteiger partial charge in [0.15, 0.2) is 0 Å². The molecule has 0 spiro atoms. The fraction of sp³-hybridized carbons (Fsp3) is 0.176. The van der Waals surface area contributed by atoms with Gasteiger partial charge in [-0.2, -0.15) is 23.3 Å². The number of nitro groups is 1. The molecule has 0 fully saturated rings. The molecule has 3 aromatic rings. The molecule has 1 atom stereocenters. The van der Waals surface area contributed by atoms with Gasteiger partial charge in [-0.15, -0.1) is 0 Å². The molecule has 0 saturated carbocycles. The van der Waals surface area contributed by atoms with E-state index < -0.39 is 29.1 Å². The molecule has 4 rings (SSSR count). The van der Waals surface area contributed by atoms with Crippen LogP contribution in [0.1, 0.15) is 12.0 Å². The van der Waals surface area contributed by atoms with E-state index >= 15 is 0 Å². The molecule has 0 bridgehead atoms. The van der Waals surface area contributed by atoms with E-state index in [1.165, 1.54) is 18.2 Å². The number of hydrogen-bond acceptors (Lipinski definition) is 7. The van der Waals surface area contributed by atoms with Gasteiger partial charge < -0.3 is 5.11 Å². The van der Waals surface area contributed by atoms with Crippen LogP contribution in [-0.2, 0) is 0 Å². The molecule has 2 heterocycles. The Hall–Kier alpha value is -3.12. The van der Waals surface area contributed by atoms with Crippen molar-refractivity contribution in [2.75, 3.05) is 5.01 Å². The number of thiazole rings is 1. The van der Waals surface area contributed by atoms with Crippen molar-refractivity contribution in [1.82, 2.24) is 4.98 Å². The van der Waals surface area contributed by atoms with Gasteiger partial charge in [-0.3, -0.25) is 10.1 Å². The molecule has 12 heteroatoms. The molecule has 0 saturated heterocycles. The largest absolute Gasteiger partial charge is 0.438 e. The van der Waals surface area contributed by atoms with Gasteiger partial charge in [0.1, 0.15) is 5.82 Å². The van der Waals surface area contributed by atoms with E-state index in [2.05, 4.69) is 10.1 Å². The summed E-state index contributed by atoms with van der Waals surface area (Å²) < 4.78 is 54.9. The second kappa shape index (κ2) is 6.46. The number of nitrogens with zero attached hydrogens (tertiary/aromatic N) is 4. The average Bonchev–Trinajstić information content (AvgIpc) is 3.22. The van der Waals surface area contributed by atoms with Gasteiger partial charge in [-0.25, -0.2) is 9.37 Å². The summed E-state index contributed by atoms with van der Waals surface area (Å²) in [6.07, 6.45) is -5.99. The summed E-state index contributed by atoms with van der Waals surface area (Å²) in [4.78, 5) is 14.2. The first-order valence-corrected chi connectivity index (χ1v) is 8.88. The monoisotopic (exact) mass is 426 g/mol. The van der Waals surface area contributed by atoms with Gasteiger partial charge in [-0.05, 0) is 35.9 Å². The standard InChI is InChI=1S/C17H10F4N4O3S/c18-10-3-6-12-14(7-10)29-15(22-12)24-16(26,17(19,20)21)8-13(23-24)9-1-4-11(5-2-9)25(27)28/h1-7,26H,8H2. The number of benzene rings is 2. The second-order valence-corrected chi connectivity index (χ2v) is 7.27. The second-order valence-electron chi connectivity index (χ2n) is 6.26. The number of hydrazone groups is 1. The highest BCUT2D eigenvalue weighted by atomic mass is 32.1. The van der Waals surface area contributed by atoms with E-state index in [1.54, 1.807) is 0 Å². The van der Waals surface area contributed by atoms with Gasteiger partial charge in [0.2, 0.25) is 5.13 Å². The first-order valence-electron chi connectivity index (χ1n) is 8.06. The Morgan fingerprint density at radius 3 is 2.52 bits per heavy atom. The summed E-state index contributed by atoms with van der Waals surface area (Å²) in [7, 11) is 0. The van der Waals surface area contributed by atoms with Gasteiger partial charge in [0.05, 0.1) is 27.3 Å². The average molecular weight is 426 g/mol. The Balaban J connectivity index is 1.80. The maximum Gasteiger partial charge on any atom is 0.438 e. The molecular weight excluding hydrogens is 416 g/mol. The van der Waals surface area contributed by atoms with Crippen LogP contribution in [0.4, 0.5) is 28.4 Å². The molecule has 0 radical (unpaired) electrons. The molecule has 29 heavy (non-hydrogen) atoms. The number of rotatable bonds is 3. The summed E-state index contributed by atoms with van der Waals surface area (Å²) in [5.41, 5.74) is -3.27. The minimum absolute atomic E-state index is 0.120. The van der Waals surface area contributed by atoms with Crippen molar-refractivity contribution in [1.29, 1.82) is 0 Å². The number of aliphatic hydroxyl groups is 1. The maximum absolute atomic E-state index is 13.7. The van der Waals surface area contributed by atoms with Crippen molar-refractivity contribution < 1.29 is 27.6 Å². The molecule has 1 aliphatic rings. The number of non-ortho nitro benzene ring substituents is 1. The minimum Gasteiger partial charge on any atom is -0.362 e. The lowest BCUT2D eigenvalue weighted by Crippen LogP contribution is -2.55. The van der Waals surface area contributed by atoms with Gasteiger partial charge in [0, 0.05) is 12.1 Å². The predicted molar refractivity (Wildman–Crippen MR) is 97.3 cm³/mol. The number of halogens is 4. The molecule has 0 amide bonds. The van der Waals surface area contributed by atoms with Crippen LogP contribution in [0.15, 0.2) is 47.6 Å². The third-order valence-corrected chi connectivity index (χ3v) is 5.36. The van der Waals surface area contributed by atoms with Crippen molar-refractivity contribution >= 4 is 38.1 Å². The number of nitro benzene ring substituents is 1. The highest BCUT2D eigenvalue weighted by Crippen LogP contribution is 2.45. The third kappa shape index (κ3) is 3.19. The normalized spacial score (nSPS) is 19.6. The van der Waals surface area contributed by atoms with Crippen LogP contribution in [0.3, 0.4) is 0 Å². The first-order chi connectivity index (χ1) is 13.6. The van der Waals surface area contributed by atoms with E-state index in [0.717, 1.165) is 35.6 Å². The zero-order chi connectivity index (χ0) is 21.0. The number of fused-ring (bicyclic) bond motifs is 1. The number of anilines is 1. The van der Waals surface area contributed by atoms with Crippen LogP contribution >= 0.6 is 11.3 Å². The highest BCUT2D eigenvalue weighted by molar-refractivity contribution is 7.22. The van der Waals surface area contributed by atoms with Crippen LogP contribution in [0.2, 0.25) is 0 Å². The zero-order valence-electron chi connectivity index (χ0n) is 14.2. The van der Waals surface area contributed by atoms with E-state index in [0.29, 0.717) is 9.71 Å². The molecule has 0 aliphatic carbocycles. The lowest BCUT2D eigenvalue weighted by Gasteiger charge is -2.32. The van der Waals surface area contributed by atoms with Crippen LogP contribution in [-0.4, -0.2) is 32.6 Å².